The van der Waals surface area contributed by atoms with E-state index >= 15 is 0 Å². The number of carbonyl (C=O) groups is 1. The van der Waals surface area contributed by atoms with Gasteiger partial charge in [0.15, 0.2) is 0 Å². The first kappa shape index (κ1) is 13.1. The predicted molar refractivity (Wildman–Crippen MR) is 69.8 cm³/mol. The molecule has 1 aromatic rings. The van der Waals surface area contributed by atoms with Crippen LogP contribution < -0.4 is 5.73 Å². The maximum atomic E-state index is 11.5. The van der Waals surface area contributed by atoms with E-state index in [1.54, 1.807) is 0 Å². The fourth-order valence-electron chi connectivity index (χ4n) is 2.47. The van der Waals surface area contributed by atoms with Gasteiger partial charge in [0.25, 0.3) is 0 Å². The smallest absolute Gasteiger partial charge is 0.310 e. The van der Waals surface area contributed by atoms with Gasteiger partial charge in [-0.1, -0.05) is 30.3 Å². The number of hydrogen-bond acceptors (Lipinski definition) is 4. The Kier molecular flexibility index (Phi) is 4.33. The molecule has 0 saturated carbocycles. The van der Waals surface area contributed by atoms with Gasteiger partial charge in [-0.15, -0.1) is 0 Å². The summed E-state index contributed by atoms with van der Waals surface area (Å²) in [6.45, 7) is 3.16. The quantitative estimate of drug-likeness (QED) is 0.785. The molecule has 0 radical (unpaired) electrons. The topological polar surface area (TPSA) is 55.6 Å². The minimum absolute atomic E-state index is 0.151. The number of nitrogens with two attached hydrogens (primary N) is 1. The number of ether oxygens (including phenoxy) is 1. The highest BCUT2D eigenvalue weighted by Gasteiger charge is 2.36. The van der Waals surface area contributed by atoms with Crippen LogP contribution in [0.4, 0.5) is 0 Å². The maximum Gasteiger partial charge on any atom is 0.310 e. The fourth-order valence-corrected chi connectivity index (χ4v) is 2.47. The lowest BCUT2D eigenvalue weighted by atomic mass is 9.85. The van der Waals surface area contributed by atoms with Crippen LogP contribution in [0.25, 0.3) is 0 Å². The number of rotatable bonds is 5. The second-order valence-electron chi connectivity index (χ2n) is 4.81. The summed E-state index contributed by atoms with van der Waals surface area (Å²) >= 11 is 0. The Morgan fingerprint density at radius 2 is 2.11 bits per heavy atom. The number of esters is 1. The van der Waals surface area contributed by atoms with Crippen molar-refractivity contribution in [1.82, 2.24) is 4.90 Å². The average molecular weight is 248 g/mol. The molecule has 98 valence electrons. The molecule has 1 aliphatic rings. The lowest BCUT2D eigenvalue weighted by Crippen LogP contribution is -2.52. The van der Waals surface area contributed by atoms with Gasteiger partial charge in [-0.05, 0) is 11.5 Å². The van der Waals surface area contributed by atoms with Gasteiger partial charge in [-0.3, -0.25) is 9.69 Å². The molecule has 0 bridgehead atoms. The van der Waals surface area contributed by atoms with Crippen molar-refractivity contribution in [3.05, 3.63) is 35.9 Å². The molecule has 0 aromatic heterocycles. The molecule has 4 heteroatoms. The largest absolute Gasteiger partial charge is 0.469 e. The minimum Gasteiger partial charge on any atom is -0.469 e. The van der Waals surface area contributed by atoms with Crippen molar-refractivity contribution in [2.45, 2.75) is 6.54 Å². The Morgan fingerprint density at radius 1 is 1.44 bits per heavy atom. The number of carbonyl (C=O) groups excluding carboxylic acids is 1. The summed E-state index contributed by atoms with van der Waals surface area (Å²) in [6, 6.07) is 10.3. The molecule has 18 heavy (non-hydrogen) atoms. The predicted octanol–water partition coefficient (Wildman–Crippen LogP) is 0.866. The molecule has 1 aliphatic heterocycles. The van der Waals surface area contributed by atoms with Gasteiger partial charge in [0.1, 0.15) is 0 Å². The summed E-state index contributed by atoms with van der Waals surface area (Å²) in [5.41, 5.74) is 6.94. The zero-order valence-electron chi connectivity index (χ0n) is 10.7. The van der Waals surface area contributed by atoms with E-state index in [2.05, 4.69) is 17.0 Å². The van der Waals surface area contributed by atoms with Crippen LogP contribution in [0.15, 0.2) is 30.3 Å². The Balaban J connectivity index is 1.81. The summed E-state index contributed by atoms with van der Waals surface area (Å²) < 4.78 is 4.78. The van der Waals surface area contributed by atoms with Crippen LogP contribution >= 0.6 is 0 Å². The third-order valence-electron chi connectivity index (χ3n) is 3.56. The van der Waals surface area contributed by atoms with E-state index < -0.39 is 0 Å². The molecule has 2 rings (SSSR count). The monoisotopic (exact) mass is 248 g/mol. The van der Waals surface area contributed by atoms with E-state index in [0.29, 0.717) is 12.5 Å². The summed E-state index contributed by atoms with van der Waals surface area (Å²) in [6.07, 6.45) is 0. The van der Waals surface area contributed by atoms with Gasteiger partial charge in [0.2, 0.25) is 0 Å². The van der Waals surface area contributed by atoms with Gasteiger partial charge in [-0.2, -0.15) is 0 Å². The fraction of sp³-hybridized carbons (Fsp3) is 0.500. The Labute approximate surface area is 108 Å². The third kappa shape index (κ3) is 2.89. The zero-order valence-corrected chi connectivity index (χ0v) is 10.7. The molecular weight excluding hydrogens is 228 g/mol. The van der Waals surface area contributed by atoms with Gasteiger partial charge < -0.3 is 10.5 Å². The normalized spacial score (nSPS) is 18.1. The number of benzene rings is 1. The first-order valence-electron chi connectivity index (χ1n) is 6.28. The molecule has 0 aliphatic carbocycles. The Morgan fingerprint density at radius 3 is 2.67 bits per heavy atom. The molecular formula is C14H20N2O2. The molecule has 1 saturated heterocycles. The van der Waals surface area contributed by atoms with Crippen LogP contribution in [-0.4, -0.2) is 37.6 Å². The highest BCUT2D eigenvalue weighted by molar-refractivity contribution is 5.73. The van der Waals surface area contributed by atoms with Gasteiger partial charge in [0, 0.05) is 26.2 Å². The summed E-state index contributed by atoms with van der Waals surface area (Å²) in [7, 11) is 1.42. The number of methoxy groups -OCH3 is 1. The molecule has 1 aromatic carbocycles. The standard InChI is InChI=1S/C14H20N2O2/c1-18-14(17)13(7-15)12-9-16(10-12)8-11-5-3-2-4-6-11/h2-6,12-13H,7-10,15H2,1H3. The van der Waals surface area contributed by atoms with Crippen LogP contribution in [0.3, 0.4) is 0 Å². The molecule has 4 nitrogen and oxygen atoms in total. The van der Waals surface area contributed by atoms with Crippen LogP contribution in [0.1, 0.15) is 5.56 Å². The minimum atomic E-state index is -0.179. The van der Waals surface area contributed by atoms with E-state index in [-0.39, 0.29) is 11.9 Å². The summed E-state index contributed by atoms with van der Waals surface area (Å²) in [4.78, 5) is 13.8. The van der Waals surface area contributed by atoms with Crippen molar-refractivity contribution in [3.63, 3.8) is 0 Å². The first-order chi connectivity index (χ1) is 8.74. The highest BCUT2D eigenvalue weighted by Crippen LogP contribution is 2.25. The SMILES string of the molecule is COC(=O)C(CN)C1CN(Cc2ccccc2)C1. The van der Waals surface area contributed by atoms with Crippen molar-refractivity contribution < 1.29 is 9.53 Å². The van der Waals surface area contributed by atoms with E-state index in [4.69, 9.17) is 10.5 Å². The molecule has 1 unspecified atom stereocenters. The van der Waals surface area contributed by atoms with E-state index in [0.717, 1.165) is 19.6 Å². The second-order valence-corrected chi connectivity index (χ2v) is 4.81. The van der Waals surface area contributed by atoms with E-state index in [9.17, 15) is 4.79 Å². The lowest BCUT2D eigenvalue weighted by Gasteiger charge is -2.42. The zero-order chi connectivity index (χ0) is 13.0. The highest BCUT2D eigenvalue weighted by atomic mass is 16.5. The van der Waals surface area contributed by atoms with Crippen molar-refractivity contribution in [2.75, 3.05) is 26.7 Å². The molecule has 0 spiro atoms. The van der Waals surface area contributed by atoms with Crippen molar-refractivity contribution in [2.24, 2.45) is 17.6 Å². The van der Waals surface area contributed by atoms with Gasteiger partial charge in [0.05, 0.1) is 13.0 Å². The summed E-state index contributed by atoms with van der Waals surface area (Å²) in [5.74, 6) is 0.00930. The molecule has 0 amide bonds. The van der Waals surface area contributed by atoms with E-state index in [1.807, 2.05) is 18.2 Å². The number of likely N-dealkylation sites (tertiary alicyclic amines) is 1. The van der Waals surface area contributed by atoms with Crippen molar-refractivity contribution in [1.29, 1.82) is 0 Å². The third-order valence-corrected chi connectivity index (χ3v) is 3.56. The van der Waals surface area contributed by atoms with Crippen molar-refractivity contribution in [3.8, 4) is 0 Å². The Bertz CT molecular complexity index is 388. The molecule has 2 N–H and O–H groups in total. The average Bonchev–Trinajstić information content (AvgIpc) is 2.37. The number of hydrogen-bond donors (Lipinski definition) is 1. The Hall–Kier alpha value is -1.39. The second kappa shape index (κ2) is 5.98. The van der Waals surface area contributed by atoms with Gasteiger partial charge in [-0.25, -0.2) is 0 Å². The molecule has 1 atom stereocenters. The number of nitrogens with zero attached hydrogens (tertiary/aromatic N) is 1. The molecule has 1 fully saturated rings. The summed E-state index contributed by atoms with van der Waals surface area (Å²) in [5, 5.41) is 0. The van der Waals surface area contributed by atoms with E-state index in [1.165, 1.54) is 12.7 Å². The first-order valence-corrected chi connectivity index (χ1v) is 6.28. The van der Waals surface area contributed by atoms with Crippen molar-refractivity contribution >= 4 is 5.97 Å². The van der Waals surface area contributed by atoms with Crippen LogP contribution in [0, 0.1) is 11.8 Å². The van der Waals surface area contributed by atoms with Crippen LogP contribution in [-0.2, 0) is 16.1 Å². The molecule has 1 heterocycles. The maximum absolute atomic E-state index is 11.5. The van der Waals surface area contributed by atoms with Crippen LogP contribution in [0.5, 0.6) is 0 Å². The lowest BCUT2D eigenvalue weighted by molar-refractivity contribution is -0.149. The van der Waals surface area contributed by atoms with Gasteiger partial charge >= 0.3 is 5.97 Å². The van der Waals surface area contributed by atoms with Crippen LogP contribution in [0.2, 0.25) is 0 Å².